The molecule has 0 amide bonds. The Labute approximate surface area is 492 Å². The van der Waals surface area contributed by atoms with Crippen LogP contribution in [0, 0.1) is 0 Å². The van der Waals surface area contributed by atoms with E-state index >= 15 is 0 Å². The van der Waals surface area contributed by atoms with Gasteiger partial charge < -0.3 is 14.2 Å². The van der Waals surface area contributed by atoms with Crippen LogP contribution in [0.3, 0.4) is 0 Å². The lowest BCUT2D eigenvalue weighted by Crippen LogP contribution is -2.30. The van der Waals surface area contributed by atoms with Gasteiger partial charge in [0.25, 0.3) is 0 Å². The minimum absolute atomic E-state index is 0.107. The topological polar surface area (TPSA) is 78.9 Å². The van der Waals surface area contributed by atoms with E-state index in [1.807, 2.05) is 0 Å². The van der Waals surface area contributed by atoms with Crippen LogP contribution in [0.15, 0.2) is 170 Å². The fourth-order valence-corrected chi connectivity index (χ4v) is 8.17. The van der Waals surface area contributed by atoms with Gasteiger partial charge in [-0.25, -0.2) is 0 Å². The maximum atomic E-state index is 12.9. The average Bonchev–Trinajstić information content (AvgIpc) is 3.46. The minimum atomic E-state index is -0.813. The summed E-state index contributed by atoms with van der Waals surface area (Å²) in [5.74, 6) is -0.969. The van der Waals surface area contributed by atoms with E-state index in [9.17, 15) is 14.4 Å². The number of unbranched alkanes of at least 4 members (excludes halogenated alkanes) is 17. The Kier molecular flexibility index (Phi) is 61.9. The van der Waals surface area contributed by atoms with Gasteiger partial charge in [-0.2, -0.15) is 0 Å². The highest BCUT2D eigenvalue weighted by Gasteiger charge is 2.19. The molecule has 448 valence electrons. The molecule has 0 aromatic heterocycles. The molecular formula is C74H116O6. The minimum Gasteiger partial charge on any atom is -0.462 e. The third-order valence-corrected chi connectivity index (χ3v) is 12.9. The average molecular weight is 1100 g/mol. The van der Waals surface area contributed by atoms with Crippen LogP contribution in [0.4, 0.5) is 0 Å². The third-order valence-electron chi connectivity index (χ3n) is 12.9. The van der Waals surface area contributed by atoms with Gasteiger partial charge in [0.1, 0.15) is 13.2 Å². The van der Waals surface area contributed by atoms with Gasteiger partial charge in [-0.15, -0.1) is 0 Å². The molecule has 0 saturated carbocycles. The summed E-state index contributed by atoms with van der Waals surface area (Å²) >= 11 is 0. The molecule has 0 rings (SSSR count). The molecule has 0 saturated heterocycles. The van der Waals surface area contributed by atoms with Crippen molar-refractivity contribution in [3.8, 4) is 0 Å². The molecule has 0 spiro atoms. The maximum absolute atomic E-state index is 12.9. The van der Waals surface area contributed by atoms with Crippen molar-refractivity contribution in [2.45, 2.75) is 264 Å². The zero-order valence-electron chi connectivity index (χ0n) is 51.3. The highest BCUT2D eigenvalue weighted by molar-refractivity contribution is 5.71. The lowest BCUT2D eigenvalue weighted by Gasteiger charge is -2.18. The molecule has 0 aliphatic rings. The number of carbonyl (C=O) groups excluding carboxylic acids is 3. The summed E-state index contributed by atoms with van der Waals surface area (Å²) in [6.07, 6.45) is 97.8. The van der Waals surface area contributed by atoms with Gasteiger partial charge in [0.15, 0.2) is 6.10 Å². The van der Waals surface area contributed by atoms with Crippen molar-refractivity contribution in [2.75, 3.05) is 13.2 Å². The molecule has 0 aromatic rings. The molecule has 6 heteroatoms. The van der Waals surface area contributed by atoms with E-state index in [4.69, 9.17) is 14.2 Å². The van der Waals surface area contributed by atoms with Gasteiger partial charge in [-0.1, -0.05) is 262 Å². The van der Waals surface area contributed by atoms with Crippen LogP contribution < -0.4 is 0 Å². The standard InChI is InChI=1S/C74H116O6/c1-4-7-10-13-16-19-22-25-28-30-31-32-33-34-35-36-37-38-39-40-41-42-43-45-46-49-52-55-58-61-64-67-73(76)79-70-71(69-78-72(75)66-63-60-57-54-51-48-27-24-21-18-15-12-9-6-3)80-74(77)68-65-62-59-56-53-50-47-44-29-26-23-20-17-14-11-8-5-2/h7-8,10-11,15-20,24-29,31-32,34-35,37-38,40-41,43,45,49,52,71H,4-6,9,12-14,21-23,30,33,36,39,42,44,46-48,50-51,53-70H2,1-3H3/b10-7-,11-8-,18-15-,19-16-,20-17-,27-24-,28-25-,29-26-,32-31-,35-34-,38-37-,41-40-,45-43-,52-49-. The number of carbonyl (C=O) groups is 3. The Bertz CT molecular complexity index is 1840. The van der Waals surface area contributed by atoms with Gasteiger partial charge in [0.05, 0.1) is 0 Å². The van der Waals surface area contributed by atoms with Gasteiger partial charge in [-0.3, -0.25) is 14.4 Å². The van der Waals surface area contributed by atoms with E-state index in [1.165, 1.54) is 38.5 Å². The van der Waals surface area contributed by atoms with Crippen LogP contribution >= 0.6 is 0 Å². The van der Waals surface area contributed by atoms with Crippen molar-refractivity contribution in [2.24, 2.45) is 0 Å². The quantitative estimate of drug-likeness (QED) is 0.0261. The molecule has 0 radical (unpaired) electrons. The van der Waals surface area contributed by atoms with Crippen molar-refractivity contribution in [3.63, 3.8) is 0 Å². The summed E-state index contributed by atoms with van der Waals surface area (Å²) in [7, 11) is 0. The van der Waals surface area contributed by atoms with Crippen LogP contribution in [0.2, 0.25) is 0 Å². The van der Waals surface area contributed by atoms with E-state index in [0.717, 1.165) is 180 Å². The first-order valence-corrected chi connectivity index (χ1v) is 32.1. The van der Waals surface area contributed by atoms with Gasteiger partial charge in [0.2, 0.25) is 0 Å². The Morgan fingerprint density at radius 3 is 0.775 bits per heavy atom. The Balaban J connectivity index is 4.44. The molecule has 0 aromatic carbocycles. The molecular weight excluding hydrogens is 985 g/mol. The second-order valence-corrected chi connectivity index (χ2v) is 20.5. The summed E-state index contributed by atoms with van der Waals surface area (Å²) < 4.78 is 16.9. The molecule has 0 aliphatic carbocycles. The van der Waals surface area contributed by atoms with Crippen molar-refractivity contribution in [1.82, 2.24) is 0 Å². The van der Waals surface area contributed by atoms with Crippen LogP contribution in [0.1, 0.15) is 258 Å². The van der Waals surface area contributed by atoms with Crippen molar-refractivity contribution >= 4 is 17.9 Å². The van der Waals surface area contributed by atoms with E-state index in [-0.39, 0.29) is 31.1 Å². The van der Waals surface area contributed by atoms with Crippen molar-refractivity contribution in [1.29, 1.82) is 0 Å². The number of rotatable bonds is 56. The van der Waals surface area contributed by atoms with Crippen LogP contribution in [0.25, 0.3) is 0 Å². The molecule has 0 aliphatic heterocycles. The molecule has 0 bridgehead atoms. The smallest absolute Gasteiger partial charge is 0.306 e. The van der Waals surface area contributed by atoms with E-state index in [2.05, 4.69) is 191 Å². The first-order chi connectivity index (χ1) is 39.5. The largest absolute Gasteiger partial charge is 0.462 e. The number of ether oxygens (including phenoxy) is 3. The molecule has 0 N–H and O–H groups in total. The SMILES string of the molecule is CC/C=C\C/C=C\C/C=C\C/C=C\C/C=C\C/C=C\C/C=C\C/C=C\C/C=C\CCCCCC(=O)OCC(COC(=O)CCCCCCC/C=C\C/C=C\CCCC)OC(=O)CCCCCCCCC/C=C\C/C=C\C/C=C\CC. The predicted octanol–water partition coefficient (Wildman–Crippen LogP) is 22.3. The first-order valence-electron chi connectivity index (χ1n) is 32.1. The van der Waals surface area contributed by atoms with Gasteiger partial charge >= 0.3 is 17.9 Å². The number of hydrogen-bond donors (Lipinski definition) is 0. The monoisotopic (exact) mass is 1100 g/mol. The van der Waals surface area contributed by atoms with Crippen LogP contribution in [-0.4, -0.2) is 37.2 Å². The molecule has 0 heterocycles. The fourth-order valence-electron chi connectivity index (χ4n) is 8.17. The Morgan fingerprint density at radius 1 is 0.263 bits per heavy atom. The lowest BCUT2D eigenvalue weighted by atomic mass is 10.1. The summed E-state index contributed by atoms with van der Waals surface area (Å²) in [6.45, 7) is 6.32. The normalized spacial score (nSPS) is 13.3. The molecule has 6 nitrogen and oxygen atoms in total. The summed E-state index contributed by atoms with van der Waals surface area (Å²) in [5.41, 5.74) is 0. The fraction of sp³-hybridized carbons (Fsp3) is 0.581. The van der Waals surface area contributed by atoms with Gasteiger partial charge in [-0.05, 0) is 148 Å². The summed E-state index contributed by atoms with van der Waals surface area (Å²) in [4.78, 5) is 38.3. The maximum Gasteiger partial charge on any atom is 0.306 e. The van der Waals surface area contributed by atoms with E-state index in [0.29, 0.717) is 19.3 Å². The molecule has 1 unspecified atom stereocenters. The summed E-state index contributed by atoms with van der Waals surface area (Å²) in [5, 5.41) is 0. The predicted molar refractivity (Wildman–Crippen MR) is 348 cm³/mol. The highest BCUT2D eigenvalue weighted by Crippen LogP contribution is 2.14. The molecule has 0 fully saturated rings. The zero-order chi connectivity index (χ0) is 57.8. The Morgan fingerprint density at radius 2 is 0.487 bits per heavy atom. The van der Waals surface area contributed by atoms with E-state index < -0.39 is 6.10 Å². The third kappa shape index (κ3) is 63.6. The number of allylic oxidation sites excluding steroid dienone is 28. The molecule has 1 atom stereocenters. The highest BCUT2D eigenvalue weighted by atomic mass is 16.6. The van der Waals surface area contributed by atoms with Crippen molar-refractivity contribution < 1.29 is 28.6 Å². The second kappa shape index (κ2) is 66.3. The lowest BCUT2D eigenvalue weighted by molar-refractivity contribution is -0.167. The van der Waals surface area contributed by atoms with Gasteiger partial charge in [0, 0.05) is 19.3 Å². The Hall–Kier alpha value is -5.23. The van der Waals surface area contributed by atoms with Crippen molar-refractivity contribution in [3.05, 3.63) is 170 Å². The van der Waals surface area contributed by atoms with E-state index in [1.54, 1.807) is 0 Å². The van der Waals surface area contributed by atoms with Crippen LogP contribution in [-0.2, 0) is 28.6 Å². The zero-order valence-corrected chi connectivity index (χ0v) is 51.3. The van der Waals surface area contributed by atoms with Crippen LogP contribution in [0.5, 0.6) is 0 Å². The summed E-state index contributed by atoms with van der Waals surface area (Å²) in [6, 6.07) is 0. The number of esters is 3. The molecule has 80 heavy (non-hydrogen) atoms. The first kappa shape index (κ1) is 74.8. The number of hydrogen-bond acceptors (Lipinski definition) is 6. The second-order valence-electron chi connectivity index (χ2n) is 20.5.